The second-order valence-corrected chi connectivity index (χ2v) is 6.84. The summed E-state index contributed by atoms with van der Waals surface area (Å²) in [6.45, 7) is 29.0. The maximum atomic E-state index is 2.31. The summed E-state index contributed by atoms with van der Waals surface area (Å²) in [6.07, 6.45) is 5.33. The highest BCUT2D eigenvalue weighted by molar-refractivity contribution is 4.44. The molecule has 0 radical (unpaired) electrons. The third-order valence-electron chi connectivity index (χ3n) is 5.48. The predicted octanol–water partition coefficient (Wildman–Crippen LogP) is -0.666. The molecule has 152 valence electrons. The van der Waals surface area contributed by atoms with Crippen LogP contribution in [0, 0.1) is 0 Å². The maximum Gasteiger partial charge on any atom is 0.0783 e. The van der Waals surface area contributed by atoms with Crippen LogP contribution in [0.4, 0.5) is 0 Å². The van der Waals surface area contributed by atoms with E-state index in [0.29, 0.717) is 0 Å². The molecule has 0 aliphatic heterocycles. The fourth-order valence-electron chi connectivity index (χ4n) is 3.91. The van der Waals surface area contributed by atoms with E-state index >= 15 is 0 Å². The number of rotatable bonds is 12. The van der Waals surface area contributed by atoms with Gasteiger partial charge in [-0.1, -0.05) is 27.7 Å². The number of halogens is 2. The van der Waals surface area contributed by atoms with Gasteiger partial charge in [0.15, 0.2) is 0 Å². The van der Waals surface area contributed by atoms with E-state index in [0.717, 1.165) is 0 Å². The van der Waals surface area contributed by atoms with Gasteiger partial charge in [0.2, 0.25) is 0 Å². The van der Waals surface area contributed by atoms with Gasteiger partial charge in [-0.3, -0.25) is 0 Å². The minimum atomic E-state index is 0. The van der Waals surface area contributed by atoms with Crippen molar-refractivity contribution in [2.45, 2.75) is 81.1 Å². The van der Waals surface area contributed by atoms with Crippen molar-refractivity contribution in [3.05, 3.63) is 0 Å². The molecule has 0 amide bonds. The molecule has 4 heteroatoms. The molecule has 0 unspecified atom stereocenters. The van der Waals surface area contributed by atoms with Crippen LogP contribution in [-0.4, -0.2) is 61.3 Å². The number of quaternary nitrogens is 2. The van der Waals surface area contributed by atoms with Gasteiger partial charge >= 0.3 is 0 Å². The molecule has 0 heterocycles. The molecule has 24 heavy (non-hydrogen) atoms. The Morgan fingerprint density at radius 1 is 0.417 bits per heavy atom. The van der Waals surface area contributed by atoms with Gasteiger partial charge in [0, 0.05) is 0 Å². The van der Waals surface area contributed by atoms with Gasteiger partial charge in [-0.2, -0.15) is 0 Å². The molecule has 0 saturated heterocycles. The van der Waals surface area contributed by atoms with Crippen LogP contribution in [0.2, 0.25) is 0 Å². The fraction of sp³-hybridized carbons (Fsp3) is 1.00. The second-order valence-electron chi connectivity index (χ2n) is 6.84. The van der Waals surface area contributed by atoms with Gasteiger partial charge in [0.25, 0.3) is 0 Å². The van der Waals surface area contributed by atoms with E-state index in [4.69, 9.17) is 0 Å². The first-order chi connectivity index (χ1) is 10.5. The van der Waals surface area contributed by atoms with Gasteiger partial charge in [-0.05, 0) is 53.4 Å². The van der Waals surface area contributed by atoms with Crippen LogP contribution in [0.5, 0.6) is 0 Å². The quantitative estimate of drug-likeness (QED) is 0.360. The molecule has 0 fully saturated rings. The lowest BCUT2D eigenvalue weighted by Crippen LogP contribution is -3.00. The van der Waals surface area contributed by atoms with Crippen molar-refractivity contribution in [3.8, 4) is 0 Å². The highest BCUT2D eigenvalue weighted by Gasteiger charge is 2.22. The normalized spacial score (nSPS) is 11.0. The topological polar surface area (TPSA) is 0 Å². The Kier molecular flexibility index (Phi) is 27.0. The molecule has 0 aromatic heterocycles. The zero-order valence-corrected chi connectivity index (χ0v) is 20.5. The second kappa shape index (κ2) is 20.0. The summed E-state index contributed by atoms with van der Waals surface area (Å²) in [7, 11) is 0. The molecule has 0 N–H and O–H groups in total. The van der Waals surface area contributed by atoms with Gasteiger partial charge in [-0.25, -0.2) is 0 Å². The average Bonchev–Trinajstić information content (AvgIpc) is 2.52. The Bertz CT molecular complexity index is 187. The van der Waals surface area contributed by atoms with Crippen LogP contribution in [-0.2, 0) is 0 Å². The third kappa shape index (κ3) is 13.0. The van der Waals surface area contributed by atoms with Crippen molar-refractivity contribution in [1.82, 2.24) is 0 Å². The van der Waals surface area contributed by atoms with E-state index in [-0.39, 0.29) is 29.4 Å². The van der Waals surface area contributed by atoms with Crippen LogP contribution in [0.1, 0.15) is 81.1 Å². The smallest absolute Gasteiger partial charge is 0.0783 e. The summed E-state index contributed by atoms with van der Waals surface area (Å²) in [4.78, 5) is 0. The Morgan fingerprint density at radius 2 is 0.625 bits per heavy atom. The minimum absolute atomic E-state index is 0. The molecule has 0 bridgehead atoms. The van der Waals surface area contributed by atoms with Crippen molar-refractivity contribution in [1.29, 1.82) is 0 Å². The van der Waals surface area contributed by atoms with E-state index in [1.807, 2.05) is 0 Å². The summed E-state index contributed by atoms with van der Waals surface area (Å²) < 4.78 is 2.65. The summed E-state index contributed by atoms with van der Waals surface area (Å²) in [5.74, 6) is 0. The molecular formula is C20H48BrClN2. The van der Waals surface area contributed by atoms with E-state index in [9.17, 15) is 0 Å². The first kappa shape index (κ1) is 32.4. The molecule has 0 atom stereocenters. The molecule has 2 nitrogen and oxygen atoms in total. The first-order valence-corrected chi connectivity index (χ1v) is 10.2. The lowest BCUT2D eigenvalue weighted by atomic mass is 10.2. The molecule has 0 aromatic carbocycles. The minimum Gasteiger partial charge on any atom is -1.00 e. The molecule has 0 rings (SSSR count). The SMILES string of the molecule is CCC[N+](CCC)(CCC)CCC.CC[N+](CC)(CC)CC.[Br-].[Cl-]. The van der Waals surface area contributed by atoms with E-state index in [1.54, 1.807) is 0 Å². The van der Waals surface area contributed by atoms with Gasteiger partial charge in [-0.15, -0.1) is 0 Å². The molecule has 0 aromatic rings. The van der Waals surface area contributed by atoms with Crippen LogP contribution < -0.4 is 29.4 Å². The lowest BCUT2D eigenvalue weighted by Gasteiger charge is -2.38. The molecule has 0 spiro atoms. The Labute approximate surface area is 171 Å². The third-order valence-corrected chi connectivity index (χ3v) is 5.48. The summed E-state index contributed by atoms with van der Waals surface area (Å²) in [6, 6.07) is 0. The Morgan fingerprint density at radius 3 is 0.708 bits per heavy atom. The Hall–Kier alpha value is 0.690. The zero-order chi connectivity index (χ0) is 17.5. The van der Waals surface area contributed by atoms with Gasteiger partial charge in [0.05, 0.1) is 52.4 Å². The highest BCUT2D eigenvalue weighted by Crippen LogP contribution is 2.12. The van der Waals surface area contributed by atoms with Crippen LogP contribution in [0.25, 0.3) is 0 Å². The van der Waals surface area contributed by atoms with Crippen molar-refractivity contribution < 1.29 is 38.4 Å². The summed E-state index contributed by atoms with van der Waals surface area (Å²) in [5, 5.41) is 0. The standard InChI is InChI=1S/C12H28N.C8H20N.BrH.ClH/c1-5-9-13(10-6-2,11-7-3)12-8-4;1-5-9(6-2,7-3)8-4;;/h5-12H2,1-4H3;5-8H2,1-4H3;2*1H/q2*+1;;/p-2. The van der Waals surface area contributed by atoms with Crippen LogP contribution in [0.3, 0.4) is 0 Å². The molecular weight excluding hydrogens is 384 g/mol. The van der Waals surface area contributed by atoms with Gasteiger partial charge in [0.1, 0.15) is 0 Å². The molecule has 0 aliphatic carbocycles. The maximum absolute atomic E-state index is 2.31. The largest absolute Gasteiger partial charge is 1.00 e. The van der Waals surface area contributed by atoms with E-state index < -0.39 is 0 Å². The van der Waals surface area contributed by atoms with Crippen molar-refractivity contribution >= 4 is 0 Å². The fourth-order valence-corrected chi connectivity index (χ4v) is 3.91. The summed E-state index contributed by atoms with van der Waals surface area (Å²) in [5.41, 5.74) is 0. The average molecular weight is 432 g/mol. The monoisotopic (exact) mass is 430 g/mol. The molecule has 0 saturated carbocycles. The molecule has 0 aliphatic rings. The first-order valence-electron chi connectivity index (χ1n) is 10.2. The number of hydrogen-bond acceptors (Lipinski definition) is 0. The van der Waals surface area contributed by atoms with Crippen molar-refractivity contribution in [2.24, 2.45) is 0 Å². The number of nitrogens with zero attached hydrogens (tertiary/aromatic N) is 2. The van der Waals surface area contributed by atoms with E-state index in [2.05, 4.69) is 55.4 Å². The highest BCUT2D eigenvalue weighted by atomic mass is 79.9. The van der Waals surface area contributed by atoms with Crippen LogP contribution in [0.15, 0.2) is 0 Å². The van der Waals surface area contributed by atoms with E-state index in [1.165, 1.54) is 87.0 Å². The Balaban J connectivity index is -0.000000162. The zero-order valence-electron chi connectivity index (χ0n) is 18.1. The predicted molar refractivity (Wildman–Crippen MR) is 103 cm³/mol. The lowest BCUT2D eigenvalue weighted by molar-refractivity contribution is -0.928. The number of hydrogen-bond donors (Lipinski definition) is 0. The van der Waals surface area contributed by atoms with Gasteiger partial charge < -0.3 is 38.4 Å². The van der Waals surface area contributed by atoms with Crippen LogP contribution >= 0.6 is 0 Å². The van der Waals surface area contributed by atoms with Crippen molar-refractivity contribution in [3.63, 3.8) is 0 Å². The summed E-state index contributed by atoms with van der Waals surface area (Å²) >= 11 is 0. The van der Waals surface area contributed by atoms with Crippen molar-refractivity contribution in [2.75, 3.05) is 52.4 Å².